The van der Waals surface area contributed by atoms with Crippen LogP contribution in [0.25, 0.3) is 11.2 Å². The van der Waals surface area contributed by atoms with Gasteiger partial charge in [0.05, 0.1) is 12.9 Å². The van der Waals surface area contributed by atoms with Crippen molar-refractivity contribution >= 4 is 17.0 Å². The van der Waals surface area contributed by atoms with Gasteiger partial charge < -0.3 is 30.9 Å². The van der Waals surface area contributed by atoms with Gasteiger partial charge in [0.25, 0.3) is 0 Å². The molecular formula is C16H23N5O6. The number of nitrogen functional groups attached to an aromatic ring is 1. The number of imidazole rings is 1. The molecule has 0 amide bonds. The third-order valence-electron chi connectivity index (χ3n) is 4.54. The summed E-state index contributed by atoms with van der Waals surface area (Å²) >= 11 is 0. The Hall–Kier alpha value is -2.31. The number of ether oxygens (including phenoxy) is 1. The molecule has 0 bridgehead atoms. The number of anilines is 1. The first kappa shape index (κ1) is 19.5. The summed E-state index contributed by atoms with van der Waals surface area (Å²) in [5.41, 5.74) is 6.81. The van der Waals surface area contributed by atoms with Crippen LogP contribution < -0.4 is 11.4 Å². The quantitative estimate of drug-likeness (QED) is 0.380. The molecule has 3 rings (SSSR count). The maximum atomic E-state index is 12.2. The van der Waals surface area contributed by atoms with Gasteiger partial charge in [-0.05, 0) is 13.8 Å². The van der Waals surface area contributed by atoms with Crippen LogP contribution in [0.4, 0.5) is 5.82 Å². The summed E-state index contributed by atoms with van der Waals surface area (Å²) in [5.74, 6) is -0.113. The third kappa shape index (κ3) is 3.35. The summed E-state index contributed by atoms with van der Waals surface area (Å²) in [5, 5.41) is 39.7. The minimum Gasteiger partial charge on any atom is -0.394 e. The minimum absolute atomic E-state index is 0.113. The number of aliphatic hydroxyl groups is 4. The zero-order valence-corrected chi connectivity index (χ0v) is 14.9. The Balaban J connectivity index is 2.12. The predicted octanol–water partition coefficient (Wildman–Crippen LogP) is -1.89. The Morgan fingerprint density at radius 2 is 2.00 bits per heavy atom. The molecule has 0 unspecified atom stereocenters. The SMILES string of the molecule is CC(C)=CCn1c(=O)nc(N)c2c1ncn2[C@H]1O[C@@H](CO)[C@H](O)[C@@H](O)[C@@H]1O. The van der Waals surface area contributed by atoms with Crippen LogP contribution in [0.2, 0.25) is 0 Å². The molecular weight excluding hydrogens is 358 g/mol. The fraction of sp³-hybridized carbons (Fsp3) is 0.562. The monoisotopic (exact) mass is 381 g/mol. The van der Waals surface area contributed by atoms with E-state index in [-0.39, 0.29) is 23.5 Å². The van der Waals surface area contributed by atoms with Gasteiger partial charge in [0.1, 0.15) is 29.9 Å². The molecule has 3 heterocycles. The Labute approximate surface area is 154 Å². The topological polar surface area (TPSA) is 169 Å². The maximum absolute atomic E-state index is 12.2. The van der Waals surface area contributed by atoms with Crippen molar-refractivity contribution < 1.29 is 25.2 Å². The molecule has 6 N–H and O–H groups in total. The molecule has 0 aliphatic carbocycles. The molecule has 11 heteroatoms. The van der Waals surface area contributed by atoms with Gasteiger partial charge in [-0.15, -0.1) is 0 Å². The van der Waals surface area contributed by atoms with Crippen LogP contribution in [0.3, 0.4) is 0 Å². The van der Waals surface area contributed by atoms with E-state index >= 15 is 0 Å². The van der Waals surface area contributed by atoms with E-state index in [2.05, 4.69) is 9.97 Å². The van der Waals surface area contributed by atoms with Crippen LogP contribution in [0.15, 0.2) is 22.8 Å². The highest BCUT2D eigenvalue weighted by molar-refractivity contribution is 5.82. The molecule has 1 saturated heterocycles. The first-order chi connectivity index (χ1) is 12.8. The van der Waals surface area contributed by atoms with Gasteiger partial charge >= 0.3 is 5.69 Å². The van der Waals surface area contributed by atoms with Crippen molar-refractivity contribution in [3.8, 4) is 0 Å². The second kappa shape index (κ2) is 7.37. The molecule has 0 aromatic carbocycles. The van der Waals surface area contributed by atoms with Crippen molar-refractivity contribution in [3.63, 3.8) is 0 Å². The van der Waals surface area contributed by atoms with Crippen molar-refractivity contribution in [1.29, 1.82) is 0 Å². The van der Waals surface area contributed by atoms with E-state index in [1.165, 1.54) is 15.5 Å². The number of aliphatic hydroxyl groups excluding tert-OH is 4. The van der Waals surface area contributed by atoms with Crippen molar-refractivity contribution in [3.05, 3.63) is 28.5 Å². The second-order valence-electron chi connectivity index (χ2n) is 6.72. The average Bonchev–Trinajstić information content (AvgIpc) is 3.05. The standard InChI is InChI=1S/C16H23N5O6/c1-7(2)3-4-20-14-9(13(17)19-16(20)26)21(6-18-14)15-12(25)11(24)10(23)8(5-22)27-15/h3,6,8,10-12,15,22-25H,4-5H2,1-2H3,(H2,17,19,26)/t8-,10-,11+,12-,15-/m0/s1. The number of hydrogen-bond donors (Lipinski definition) is 5. The van der Waals surface area contributed by atoms with Crippen LogP contribution in [0.5, 0.6) is 0 Å². The normalized spacial score (nSPS) is 28.4. The van der Waals surface area contributed by atoms with Gasteiger partial charge in [0, 0.05) is 6.54 Å². The highest BCUT2D eigenvalue weighted by Crippen LogP contribution is 2.31. The summed E-state index contributed by atoms with van der Waals surface area (Å²) in [6.45, 7) is 3.45. The number of nitrogens with two attached hydrogens (primary N) is 1. The van der Waals surface area contributed by atoms with Crippen LogP contribution in [0, 0.1) is 0 Å². The number of nitrogens with zero attached hydrogens (tertiary/aromatic N) is 4. The van der Waals surface area contributed by atoms with E-state index < -0.39 is 42.9 Å². The Morgan fingerprint density at radius 1 is 1.30 bits per heavy atom. The molecule has 1 aliphatic heterocycles. The van der Waals surface area contributed by atoms with Gasteiger partial charge in [-0.2, -0.15) is 4.98 Å². The molecule has 148 valence electrons. The number of aromatic nitrogens is 4. The van der Waals surface area contributed by atoms with E-state index in [9.17, 15) is 25.2 Å². The zero-order chi connectivity index (χ0) is 19.9. The lowest BCUT2D eigenvalue weighted by atomic mass is 9.98. The van der Waals surface area contributed by atoms with E-state index in [1.807, 2.05) is 19.9 Å². The molecule has 2 aromatic rings. The van der Waals surface area contributed by atoms with Gasteiger partial charge in [0.15, 0.2) is 17.7 Å². The molecule has 0 spiro atoms. The van der Waals surface area contributed by atoms with Crippen LogP contribution in [-0.2, 0) is 11.3 Å². The molecule has 2 aromatic heterocycles. The fourth-order valence-corrected chi connectivity index (χ4v) is 3.05. The first-order valence-electron chi connectivity index (χ1n) is 8.43. The second-order valence-corrected chi connectivity index (χ2v) is 6.72. The largest absolute Gasteiger partial charge is 0.394 e. The molecule has 0 saturated carbocycles. The fourth-order valence-electron chi connectivity index (χ4n) is 3.05. The van der Waals surface area contributed by atoms with E-state index in [0.29, 0.717) is 0 Å². The number of rotatable bonds is 4. The highest BCUT2D eigenvalue weighted by atomic mass is 16.6. The first-order valence-corrected chi connectivity index (χ1v) is 8.43. The summed E-state index contributed by atoms with van der Waals surface area (Å²) < 4.78 is 8.19. The zero-order valence-electron chi connectivity index (χ0n) is 14.9. The molecule has 5 atom stereocenters. The van der Waals surface area contributed by atoms with Gasteiger partial charge in [-0.1, -0.05) is 11.6 Å². The van der Waals surface area contributed by atoms with E-state index in [4.69, 9.17) is 10.5 Å². The van der Waals surface area contributed by atoms with Crippen LogP contribution >= 0.6 is 0 Å². The van der Waals surface area contributed by atoms with Crippen LogP contribution in [0.1, 0.15) is 20.1 Å². The lowest BCUT2D eigenvalue weighted by molar-refractivity contribution is -0.250. The van der Waals surface area contributed by atoms with Crippen molar-refractivity contribution in [2.75, 3.05) is 12.3 Å². The summed E-state index contributed by atoms with van der Waals surface area (Å²) in [7, 11) is 0. The maximum Gasteiger partial charge on any atom is 0.351 e. The molecule has 0 radical (unpaired) electrons. The number of hydrogen-bond acceptors (Lipinski definition) is 9. The van der Waals surface area contributed by atoms with Gasteiger partial charge in [-0.3, -0.25) is 9.13 Å². The van der Waals surface area contributed by atoms with Crippen molar-refractivity contribution in [1.82, 2.24) is 19.1 Å². The Kier molecular flexibility index (Phi) is 5.31. The molecule has 11 nitrogen and oxygen atoms in total. The van der Waals surface area contributed by atoms with Crippen molar-refractivity contribution in [2.24, 2.45) is 0 Å². The summed E-state index contributed by atoms with van der Waals surface area (Å²) in [6, 6.07) is 0. The number of fused-ring (bicyclic) bond motifs is 1. The average molecular weight is 381 g/mol. The molecule has 1 fully saturated rings. The Morgan fingerprint density at radius 3 is 2.63 bits per heavy atom. The predicted molar refractivity (Wildman–Crippen MR) is 94.6 cm³/mol. The lowest BCUT2D eigenvalue weighted by Crippen LogP contribution is -2.56. The third-order valence-corrected chi connectivity index (χ3v) is 4.54. The van der Waals surface area contributed by atoms with E-state index in [0.717, 1.165) is 5.57 Å². The summed E-state index contributed by atoms with van der Waals surface area (Å²) in [4.78, 5) is 20.2. The smallest absolute Gasteiger partial charge is 0.351 e. The van der Waals surface area contributed by atoms with Gasteiger partial charge in [-0.25, -0.2) is 9.78 Å². The van der Waals surface area contributed by atoms with Crippen LogP contribution in [-0.4, -0.2) is 70.6 Å². The molecule has 27 heavy (non-hydrogen) atoms. The number of allylic oxidation sites excluding steroid dienone is 2. The Bertz CT molecular complexity index is 916. The highest BCUT2D eigenvalue weighted by Gasteiger charge is 2.44. The summed E-state index contributed by atoms with van der Waals surface area (Å²) in [6.07, 6.45) is -3.70. The van der Waals surface area contributed by atoms with E-state index in [1.54, 1.807) is 0 Å². The molecule has 1 aliphatic rings. The lowest BCUT2D eigenvalue weighted by Gasteiger charge is -2.40. The minimum atomic E-state index is -1.55. The van der Waals surface area contributed by atoms with Crippen molar-refractivity contribution in [2.45, 2.75) is 51.0 Å². The van der Waals surface area contributed by atoms with Gasteiger partial charge in [0.2, 0.25) is 0 Å².